The lowest BCUT2D eigenvalue weighted by Gasteiger charge is -2.37. The van der Waals surface area contributed by atoms with Crippen LogP contribution in [0.2, 0.25) is 0 Å². The second kappa shape index (κ2) is 13.8. The first-order valence-electron chi connectivity index (χ1n) is 19.1. The molecule has 0 aliphatic heterocycles. The van der Waals surface area contributed by atoms with Crippen LogP contribution in [0.4, 0.5) is 0 Å². The van der Waals surface area contributed by atoms with Crippen LogP contribution in [0, 0.1) is 0 Å². The highest BCUT2D eigenvalue weighted by Gasteiger charge is 2.38. The van der Waals surface area contributed by atoms with Crippen molar-refractivity contribution in [2.45, 2.75) is 5.41 Å². The van der Waals surface area contributed by atoms with Gasteiger partial charge in [0.2, 0.25) is 0 Å². The molecule has 0 aliphatic carbocycles. The van der Waals surface area contributed by atoms with Gasteiger partial charge in [-0.25, -0.2) is 0 Å². The Balaban J connectivity index is 1.17. The summed E-state index contributed by atoms with van der Waals surface area (Å²) < 4.78 is 0. The van der Waals surface area contributed by atoms with Crippen molar-refractivity contribution >= 4 is 32.3 Å². The van der Waals surface area contributed by atoms with Crippen LogP contribution in [0.5, 0.6) is 0 Å². The standard InChI is InChI=1S/C55H38/c1-5-18-39(19-6-1)40-20-17-21-43(36-40)53-49-28-13-15-30-51(49)54(52-31-16-14-29-50(52)53)44-33-32-42-38-48(35-34-41(42)37-44)55(45-22-7-2-8-23-45,46-24-9-3-10-25-46)47-26-11-4-12-27-47/h1-38H. The van der Waals surface area contributed by atoms with Crippen LogP contribution < -0.4 is 0 Å². The third kappa shape index (κ3) is 5.54. The van der Waals surface area contributed by atoms with Gasteiger partial charge in [-0.15, -0.1) is 0 Å². The highest BCUT2D eigenvalue weighted by atomic mass is 14.4. The zero-order valence-corrected chi connectivity index (χ0v) is 30.4. The predicted molar refractivity (Wildman–Crippen MR) is 234 cm³/mol. The van der Waals surface area contributed by atoms with Gasteiger partial charge in [-0.3, -0.25) is 0 Å². The molecule has 0 saturated carbocycles. The summed E-state index contributed by atoms with van der Waals surface area (Å²) in [7, 11) is 0. The first kappa shape index (κ1) is 32.6. The van der Waals surface area contributed by atoms with Gasteiger partial charge in [-0.2, -0.15) is 0 Å². The van der Waals surface area contributed by atoms with E-state index in [9.17, 15) is 0 Å². The Labute approximate surface area is 322 Å². The third-order valence-corrected chi connectivity index (χ3v) is 11.4. The lowest BCUT2D eigenvalue weighted by molar-refractivity contribution is 0.746. The van der Waals surface area contributed by atoms with Gasteiger partial charge in [0, 0.05) is 0 Å². The van der Waals surface area contributed by atoms with E-state index in [1.165, 1.54) is 88.0 Å². The largest absolute Gasteiger partial charge is 0.0701 e. The molecule has 0 atom stereocenters. The Kier molecular flexibility index (Phi) is 8.16. The molecule has 55 heavy (non-hydrogen) atoms. The van der Waals surface area contributed by atoms with Gasteiger partial charge in [-0.05, 0) is 106 Å². The average Bonchev–Trinajstić information content (AvgIpc) is 3.27. The van der Waals surface area contributed by atoms with Gasteiger partial charge in [0.1, 0.15) is 0 Å². The zero-order chi connectivity index (χ0) is 36.6. The van der Waals surface area contributed by atoms with Gasteiger partial charge in [-0.1, -0.05) is 212 Å². The summed E-state index contributed by atoms with van der Waals surface area (Å²) in [5.41, 5.74) is 11.9. The van der Waals surface area contributed by atoms with Crippen LogP contribution in [-0.2, 0) is 5.41 Å². The second-order valence-electron chi connectivity index (χ2n) is 14.4. The van der Waals surface area contributed by atoms with Crippen molar-refractivity contribution in [1.82, 2.24) is 0 Å². The molecule has 0 radical (unpaired) electrons. The minimum atomic E-state index is -0.489. The highest BCUT2D eigenvalue weighted by molar-refractivity contribution is 6.21. The first-order chi connectivity index (χ1) is 27.3. The van der Waals surface area contributed by atoms with Crippen molar-refractivity contribution in [3.05, 3.63) is 253 Å². The maximum atomic E-state index is 2.41. The van der Waals surface area contributed by atoms with Crippen LogP contribution in [-0.4, -0.2) is 0 Å². The molecule has 0 N–H and O–H groups in total. The lowest BCUT2D eigenvalue weighted by Crippen LogP contribution is -2.30. The summed E-state index contributed by atoms with van der Waals surface area (Å²) in [5, 5.41) is 7.47. The smallest absolute Gasteiger partial charge is 0.0622 e. The summed E-state index contributed by atoms with van der Waals surface area (Å²) >= 11 is 0. The molecule has 10 aromatic rings. The van der Waals surface area contributed by atoms with E-state index in [1.807, 2.05) is 0 Å². The lowest BCUT2D eigenvalue weighted by atomic mass is 9.65. The van der Waals surface area contributed by atoms with E-state index >= 15 is 0 Å². The molecule has 0 saturated heterocycles. The average molecular weight is 699 g/mol. The third-order valence-electron chi connectivity index (χ3n) is 11.4. The predicted octanol–water partition coefficient (Wildman–Crippen LogP) is 14.5. The Bertz CT molecular complexity index is 2790. The minimum absolute atomic E-state index is 0.489. The maximum Gasteiger partial charge on any atom is 0.0701 e. The van der Waals surface area contributed by atoms with Crippen molar-refractivity contribution in [1.29, 1.82) is 0 Å². The Morgan fingerprint density at radius 1 is 0.218 bits per heavy atom. The second-order valence-corrected chi connectivity index (χ2v) is 14.4. The van der Waals surface area contributed by atoms with Crippen LogP contribution in [0.1, 0.15) is 22.3 Å². The molecule has 0 heterocycles. The van der Waals surface area contributed by atoms with Gasteiger partial charge >= 0.3 is 0 Å². The van der Waals surface area contributed by atoms with E-state index in [2.05, 4.69) is 231 Å². The number of benzene rings is 10. The first-order valence-corrected chi connectivity index (χ1v) is 19.1. The van der Waals surface area contributed by atoms with E-state index in [-0.39, 0.29) is 0 Å². The molecule has 0 heteroatoms. The summed E-state index contributed by atoms with van der Waals surface area (Å²) in [5.74, 6) is 0. The van der Waals surface area contributed by atoms with Gasteiger partial charge in [0.25, 0.3) is 0 Å². The Hall–Kier alpha value is -7.02. The molecule has 0 bridgehead atoms. The Morgan fingerprint density at radius 3 is 1.11 bits per heavy atom. The van der Waals surface area contributed by atoms with Crippen LogP contribution in [0.25, 0.3) is 65.7 Å². The normalized spacial score (nSPS) is 11.6. The van der Waals surface area contributed by atoms with E-state index in [0.717, 1.165) is 0 Å². The van der Waals surface area contributed by atoms with Crippen LogP contribution in [0.3, 0.4) is 0 Å². The molecule has 0 aromatic heterocycles. The number of hydrogen-bond donors (Lipinski definition) is 0. The molecule has 0 fully saturated rings. The summed E-state index contributed by atoms with van der Waals surface area (Å²) in [4.78, 5) is 0. The van der Waals surface area contributed by atoms with E-state index in [0.29, 0.717) is 0 Å². The molecule has 0 nitrogen and oxygen atoms in total. The fourth-order valence-electron chi connectivity index (χ4n) is 8.93. The molecular weight excluding hydrogens is 661 g/mol. The van der Waals surface area contributed by atoms with Crippen molar-refractivity contribution < 1.29 is 0 Å². The molecule has 0 unspecified atom stereocenters. The molecule has 0 amide bonds. The number of rotatable bonds is 7. The fourth-order valence-corrected chi connectivity index (χ4v) is 8.93. The van der Waals surface area contributed by atoms with Crippen molar-refractivity contribution in [2.75, 3.05) is 0 Å². The molecule has 0 aliphatic rings. The quantitative estimate of drug-likeness (QED) is 0.115. The minimum Gasteiger partial charge on any atom is -0.0622 e. The number of hydrogen-bond acceptors (Lipinski definition) is 0. The monoisotopic (exact) mass is 698 g/mol. The Morgan fingerprint density at radius 2 is 0.600 bits per heavy atom. The topological polar surface area (TPSA) is 0 Å². The molecule has 258 valence electrons. The van der Waals surface area contributed by atoms with Gasteiger partial charge in [0.15, 0.2) is 0 Å². The molecule has 0 spiro atoms. The maximum absolute atomic E-state index is 2.41. The van der Waals surface area contributed by atoms with Gasteiger partial charge < -0.3 is 0 Å². The fraction of sp³-hybridized carbons (Fsp3) is 0.0182. The van der Waals surface area contributed by atoms with Gasteiger partial charge in [0.05, 0.1) is 5.41 Å². The highest BCUT2D eigenvalue weighted by Crippen LogP contribution is 2.47. The molecular formula is C55H38. The van der Waals surface area contributed by atoms with Crippen LogP contribution in [0.15, 0.2) is 231 Å². The SMILES string of the molecule is c1ccc(-c2cccc(-c3c4ccccc4c(-c4ccc5cc(C(c6ccccc6)(c6ccccc6)c6ccccc6)ccc5c4)c4ccccc34)c2)cc1. The van der Waals surface area contributed by atoms with Crippen LogP contribution >= 0.6 is 0 Å². The van der Waals surface area contributed by atoms with E-state index in [4.69, 9.17) is 0 Å². The molecule has 10 rings (SSSR count). The van der Waals surface area contributed by atoms with Crippen molar-refractivity contribution in [3.8, 4) is 33.4 Å². The van der Waals surface area contributed by atoms with E-state index in [1.54, 1.807) is 0 Å². The summed E-state index contributed by atoms with van der Waals surface area (Å²) in [6.07, 6.45) is 0. The number of fused-ring (bicyclic) bond motifs is 3. The zero-order valence-electron chi connectivity index (χ0n) is 30.4. The van der Waals surface area contributed by atoms with Crippen molar-refractivity contribution in [2.24, 2.45) is 0 Å². The summed E-state index contributed by atoms with van der Waals surface area (Å²) in [6, 6.07) is 84.5. The van der Waals surface area contributed by atoms with Crippen molar-refractivity contribution in [3.63, 3.8) is 0 Å². The molecule has 10 aromatic carbocycles. The van der Waals surface area contributed by atoms with E-state index < -0.39 is 5.41 Å². The summed E-state index contributed by atoms with van der Waals surface area (Å²) in [6.45, 7) is 0.